The van der Waals surface area contributed by atoms with E-state index in [1.807, 2.05) is 6.92 Å². The zero-order valence-electron chi connectivity index (χ0n) is 12.2. The smallest absolute Gasteiger partial charge is 0.264 e. The molecule has 1 unspecified atom stereocenters. The monoisotopic (exact) mass is 295 g/mol. The van der Waals surface area contributed by atoms with Crippen LogP contribution in [-0.2, 0) is 10.3 Å². The highest BCUT2D eigenvalue weighted by Crippen LogP contribution is 2.32. The van der Waals surface area contributed by atoms with Gasteiger partial charge in [0.1, 0.15) is 22.7 Å². The summed E-state index contributed by atoms with van der Waals surface area (Å²) in [5.74, 6) is 0.0752. The number of nitrogens with zero attached hydrogens (tertiary/aromatic N) is 2. The summed E-state index contributed by atoms with van der Waals surface area (Å²) in [7, 11) is 1.44. The molecule has 0 amide bonds. The van der Waals surface area contributed by atoms with Crippen molar-refractivity contribution in [1.29, 1.82) is 0 Å². The molecule has 1 heterocycles. The Morgan fingerprint density at radius 2 is 2.19 bits per heavy atom. The summed E-state index contributed by atoms with van der Waals surface area (Å²) >= 11 is 0. The number of hydrogen-bond donors (Lipinski definition) is 1. The van der Waals surface area contributed by atoms with Crippen LogP contribution in [0.5, 0.6) is 5.75 Å². The molecule has 2 N–H and O–H groups in total. The van der Waals surface area contributed by atoms with Gasteiger partial charge in [-0.1, -0.05) is 11.2 Å². The van der Waals surface area contributed by atoms with E-state index >= 15 is 0 Å². The predicted octanol–water partition coefficient (Wildman–Crippen LogP) is 2.09. The zero-order valence-corrected chi connectivity index (χ0v) is 12.2. The largest absolute Gasteiger partial charge is 0.496 e. The Kier molecular flexibility index (Phi) is 4.54. The van der Waals surface area contributed by atoms with E-state index in [2.05, 4.69) is 10.1 Å². The van der Waals surface area contributed by atoms with Gasteiger partial charge in [0.2, 0.25) is 0 Å². The van der Waals surface area contributed by atoms with Crippen LogP contribution in [0.15, 0.2) is 22.7 Å². The maximum atomic E-state index is 14.0. The lowest BCUT2D eigenvalue weighted by molar-refractivity contribution is 0.0962. The van der Waals surface area contributed by atoms with Gasteiger partial charge in [0.05, 0.1) is 13.7 Å². The summed E-state index contributed by atoms with van der Waals surface area (Å²) < 4.78 is 29.5. The normalized spacial score (nSPS) is 14.0. The molecule has 0 spiro atoms. The van der Waals surface area contributed by atoms with E-state index in [0.717, 1.165) is 0 Å². The molecule has 0 aliphatic rings. The van der Waals surface area contributed by atoms with E-state index in [4.69, 9.17) is 19.7 Å². The molecule has 2 aromatic rings. The molecular weight excluding hydrogens is 277 g/mol. The minimum Gasteiger partial charge on any atom is -0.496 e. The van der Waals surface area contributed by atoms with E-state index in [1.54, 1.807) is 13.0 Å². The van der Waals surface area contributed by atoms with Crippen LogP contribution < -0.4 is 10.5 Å². The minimum absolute atomic E-state index is 0.0214. The highest BCUT2D eigenvalue weighted by molar-refractivity contribution is 5.63. The highest BCUT2D eigenvalue weighted by Gasteiger charge is 2.29. The Hall–Kier alpha value is -1.99. The summed E-state index contributed by atoms with van der Waals surface area (Å²) in [6, 6.07) is 4.45. The third kappa shape index (κ3) is 3.20. The van der Waals surface area contributed by atoms with E-state index in [1.165, 1.54) is 19.2 Å². The lowest BCUT2D eigenvalue weighted by atomic mass is 10.1. The van der Waals surface area contributed by atoms with Gasteiger partial charge in [-0.3, -0.25) is 0 Å². The molecule has 1 aromatic carbocycles. The van der Waals surface area contributed by atoms with Crippen molar-refractivity contribution < 1.29 is 18.4 Å². The topological polar surface area (TPSA) is 83.4 Å². The molecule has 1 aromatic heterocycles. The standard InChI is InChI=1S/C14H18FN3O3/c1-4-20-8-14(2,16)13-17-12(21-18-13)11-9(15)6-5-7-10(11)19-3/h5-7H,4,8,16H2,1-3H3. The maximum absolute atomic E-state index is 14.0. The molecule has 0 aliphatic heterocycles. The van der Waals surface area contributed by atoms with Crippen LogP contribution in [0.25, 0.3) is 11.5 Å². The van der Waals surface area contributed by atoms with Crippen LogP contribution >= 0.6 is 0 Å². The average molecular weight is 295 g/mol. The number of benzene rings is 1. The second kappa shape index (κ2) is 6.19. The summed E-state index contributed by atoms with van der Waals surface area (Å²) in [5.41, 5.74) is 5.29. The lowest BCUT2D eigenvalue weighted by Gasteiger charge is -2.19. The SMILES string of the molecule is CCOCC(C)(N)c1noc(-c2c(F)cccc2OC)n1. The predicted molar refractivity (Wildman–Crippen MR) is 74.3 cm³/mol. The van der Waals surface area contributed by atoms with Crippen molar-refractivity contribution in [3.05, 3.63) is 29.8 Å². The van der Waals surface area contributed by atoms with E-state index < -0.39 is 11.4 Å². The number of halogens is 1. The summed E-state index contributed by atoms with van der Waals surface area (Å²) in [6.07, 6.45) is 0. The fraction of sp³-hybridized carbons (Fsp3) is 0.429. The van der Waals surface area contributed by atoms with Crippen LogP contribution in [0.2, 0.25) is 0 Å². The molecule has 21 heavy (non-hydrogen) atoms. The molecule has 0 radical (unpaired) electrons. The van der Waals surface area contributed by atoms with Crippen LogP contribution in [0.3, 0.4) is 0 Å². The maximum Gasteiger partial charge on any atom is 0.264 e. The zero-order chi connectivity index (χ0) is 15.5. The minimum atomic E-state index is -0.920. The average Bonchev–Trinajstić information content (AvgIpc) is 2.95. The molecule has 0 bridgehead atoms. The van der Waals surface area contributed by atoms with Gasteiger partial charge in [-0.25, -0.2) is 4.39 Å². The second-order valence-corrected chi connectivity index (χ2v) is 4.79. The van der Waals surface area contributed by atoms with Gasteiger partial charge < -0.3 is 19.7 Å². The molecule has 0 saturated carbocycles. The summed E-state index contributed by atoms with van der Waals surface area (Å²) in [6.45, 7) is 4.34. The third-order valence-electron chi connectivity index (χ3n) is 2.95. The first kappa shape index (κ1) is 15.4. The Labute approximate surface area is 122 Å². The van der Waals surface area contributed by atoms with Gasteiger partial charge in [0, 0.05) is 6.61 Å². The van der Waals surface area contributed by atoms with Gasteiger partial charge in [0.25, 0.3) is 5.89 Å². The van der Waals surface area contributed by atoms with Crippen molar-refractivity contribution >= 4 is 0 Å². The molecule has 0 aliphatic carbocycles. The van der Waals surface area contributed by atoms with Crippen LogP contribution in [0.1, 0.15) is 19.7 Å². The number of hydrogen-bond acceptors (Lipinski definition) is 6. The Balaban J connectivity index is 2.37. The first-order valence-electron chi connectivity index (χ1n) is 6.53. The van der Waals surface area contributed by atoms with Crippen molar-refractivity contribution in [3.8, 4) is 17.2 Å². The molecule has 0 saturated heterocycles. The number of nitrogens with two attached hydrogens (primary N) is 1. The highest BCUT2D eigenvalue weighted by atomic mass is 19.1. The molecule has 0 fully saturated rings. The first-order chi connectivity index (χ1) is 9.99. The van der Waals surface area contributed by atoms with Gasteiger partial charge in [0.15, 0.2) is 5.82 Å². The Morgan fingerprint density at radius 3 is 2.86 bits per heavy atom. The number of ether oxygens (including phenoxy) is 2. The van der Waals surface area contributed by atoms with Crippen molar-refractivity contribution in [2.24, 2.45) is 5.73 Å². The first-order valence-corrected chi connectivity index (χ1v) is 6.53. The molecule has 6 nitrogen and oxygen atoms in total. The second-order valence-electron chi connectivity index (χ2n) is 4.79. The summed E-state index contributed by atoms with van der Waals surface area (Å²) in [4.78, 5) is 4.17. The quantitative estimate of drug-likeness (QED) is 0.878. The van der Waals surface area contributed by atoms with Gasteiger partial charge in [-0.15, -0.1) is 0 Å². The Bertz CT molecular complexity index is 613. The van der Waals surface area contributed by atoms with Crippen LogP contribution in [0, 0.1) is 5.82 Å². The molecule has 7 heteroatoms. The molecular formula is C14H18FN3O3. The Morgan fingerprint density at radius 1 is 1.43 bits per heavy atom. The van der Waals surface area contributed by atoms with Crippen molar-refractivity contribution in [2.45, 2.75) is 19.4 Å². The van der Waals surface area contributed by atoms with E-state index in [0.29, 0.717) is 12.4 Å². The third-order valence-corrected chi connectivity index (χ3v) is 2.95. The van der Waals surface area contributed by atoms with E-state index in [-0.39, 0.29) is 23.9 Å². The van der Waals surface area contributed by atoms with Crippen LogP contribution in [-0.4, -0.2) is 30.5 Å². The fourth-order valence-electron chi connectivity index (χ4n) is 1.82. The van der Waals surface area contributed by atoms with Gasteiger partial charge in [-0.2, -0.15) is 4.98 Å². The molecule has 114 valence electrons. The number of aromatic nitrogens is 2. The number of rotatable bonds is 6. The molecule has 2 rings (SSSR count). The summed E-state index contributed by atoms with van der Waals surface area (Å²) in [5, 5.41) is 3.82. The van der Waals surface area contributed by atoms with E-state index in [9.17, 15) is 4.39 Å². The lowest BCUT2D eigenvalue weighted by Crippen LogP contribution is -2.39. The van der Waals surface area contributed by atoms with Gasteiger partial charge >= 0.3 is 0 Å². The number of methoxy groups -OCH3 is 1. The van der Waals surface area contributed by atoms with Gasteiger partial charge in [-0.05, 0) is 26.0 Å². The van der Waals surface area contributed by atoms with Crippen molar-refractivity contribution in [1.82, 2.24) is 10.1 Å². The molecule has 1 atom stereocenters. The van der Waals surface area contributed by atoms with Crippen LogP contribution in [0.4, 0.5) is 4.39 Å². The fourth-order valence-corrected chi connectivity index (χ4v) is 1.82. The van der Waals surface area contributed by atoms with Crippen molar-refractivity contribution in [3.63, 3.8) is 0 Å². The van der Waals surface area contributed by atoms with Crippen molar-refractivity contribution in [2.75, 3.05) is 20.3 Å².